The Morgan fingerprint density at radius 1 is 1.08 bits per heavy atom. The van der Waals surface area contributed by atoms with Crippen molar-refractivity contribution in [1.29, 1.82) is 0 Å². The Kier molecular flexibility index (Phi) is 8.54. The van der Waals surface area contributed by atoms with Gasteiger partial charge in [0, 0.05) is 30.6 Å². The highest BCUT2D eigenvalue weighted by molar-refractivity contribution is 7.90. The molecule has 0 radical (unpaired) electrons. The average Bonchev–Trinajstić information content (AvgIpc) is 3.09. The SMILES string of the molecule is C[C@@H](C(=O)NC1CCCCC1)N(Cc1ccc(Cl)cc1)C(=O)CCCN1C(=O)c2ccccc2S1(=O)=O. The van der Waals surface area contributed by atoms with Gasteiger partial charge < -0.3 is 10.2 Å². The fraction of sp³-hybridized carbons (Fsp3) is 0.444. The number of halogens is 1. The van der Waals surface area contributed by atoms with Crippen LogP contribution in [0.2, 0.25) is 5.02 Å². The van der Waals surface area contributed by atoms with Crippen molar-refractivity contribution in [1.82, 2.24) is 14.5 Å². The molecule has 0 bridgehead atoms. The van der Waals surface area contributed by atoms with E-state index >= 15 is 0 Å². The Bertz CT molecular complexity index is 1260. The van der Waals surface area contributed by atoms with E-state index in [0.29, 0.717) is 5.02 Å². The molecule has 1 N–H and O–H groups in total. The fourth-order valence-corrected chi connectivity index (χ4v) is 6.64. The molecule has 1 heterocycles. The molecular formula is C27H32ClN3O5S. The number of nitrogens with zero attached hydrogens (tertiary/aromatic N) is 2. The van der Waals surface area contributed by atoms with E-state index in [1.807, 2.05) is 0 Å². The molecule has 2 aromatic rings. The summed E-state index contributed by atoms with van der Waals surface area (Å²) >= 11 is 6.01. The first-order valence-corrected chi connectivity index (χ1v) is 14.5. The van der Waals surface area contributed by atoms with E-state index in [2.05, 4.69) is 5.32 Å². The third-order valence-corrected chi connectivity index (χ3v) is 9.14. The van der Waals surface area contributed by atoms with Gasteiger partial charge in [0.2, 0.25) is 11.8 Å². The number of amides is 3. The molecular weight excluding hydrogens is 514 g/mol. The summed E-state index contributed by atoms with van der Waals surface area (Å²) < 4.78 is 26.4. The molecule has 198 valence electrons. The second-order valence-electron chi connectivity index (χ2n) is 9.65. The molecule has 2 aliphatic rings. The summed E-state index contributed by atoms with van der Waals surface area (Å²) in [6, 6.07) is 12.6. The largest absolute Gasteiger partial charge is 0.352 e. The van der Waals surface area contributed by atoms with Crippen LogP contribution in [0.25, 0.3) is 0 Å². The van der Waals surface area contributed by atoms with Gasteiger partial charge in [0.05, 0.1) is 5.56 Å². The summed E-state index contributed by atoms with van der Waals surface area (Å²) in [6.07, 6.45) is 5.33. The lowest BCUT2D eigenvalue weighted by Crippen LogP contribution is -2.50. The van der Waals surface area contributed by atoms with Crippen LogP contribution in [0.3, 0.4) is 0 Å². The molecule has 3 amide bonds. The van der Waals surface area contributed by atoms with Crippen LogP contribution < -0.4 is 5.32 Å². The minimum atomic E-state index is -3.93. The quantitative estimate of drug-likeness (QED) is 0.510. The predicted octanol–water partition coefficient (Wildman–Crippen LogP) is 4.13. The Morgan fingerprint density at radius 2 is 1.76 bits per heavy atom. The van der Waals surface area contributed by atoms with Gasteiger partial charge in [0.1, 0.15) is 10.9 Å². The highest BCUT2D eigenvalue weighted by Gasteiger charge is 2.40. The maximum Gasteiger partial charge on any atom is 0.269 e. The lowest BCUT2D eigenvalue weighted by Gasteiger charge is -2.31. The molecule has 37 heavy (non-hydrogen) atoms. The number of benzene rings is 2. The van der Waals surface area contributed by atoms with Gasteiger partial charge >= 0.3 is 0 Å². The highest BCUT2D eigenvalue weighted by Crippen LogP contribution is 2.30. The van der Waals surface area contributed by atoms with E-state index in [9.17, 15) is 22.8 Å². The van der Waals surface area contributed by atoms with Crippen molar-refractivity contribution < 1.29 is 22.8 Å². The topological polar surface area (TPSA) is 104 Å². The number of rotatable bonds is 9. The van der Waals surface area contributed by atoms with Crippen LogP contribution in [0.15, 0.2) is 53.4 Å². The van der Waals surface area contributed by atoms with Gasteiger partial charge in [-0.3, -0.25) is 14.4 Å². The van der Waals surface area contributed by atoms with Crippen molar-refractivity contribution in [2.45, 2.75) is 75.4 Å². The van der Waals surface area contributed by atoms with Gasteiger partial charge in [0.25, 0.3) is 15.9 Å². The third kappa shape index (κ3) is 6.15. The number of hydrogen-bond acceptors (Lipinski definition) is 5. The van der Waals surface area contributed by atoms with Crippen LogP contribution in [-0.2, 0) is 26.2 Å². The smallest absolute Gasteiger partial charge is 0.269 e. The van der Waals surface area contributed by atoms with Crippen molar-refractivity contribution in [3.05, 3.63) is 64.7 Å². The van der Waals surface area contributed by atoms with Crippen LogP contribution in [-0.4, -0.2) is 54.0 Å². The van der Waals surface area contributed by atoms with Crippen molar-refractivity contribution in [3.63, 3.8) is 0 Å². The number of sulfonamides is 1. The zero-order valence-corrected chi connectivity index (χ0v) is 22.4. The molecule has 0 unspecified atom stereocenters. The Hall–Kier alpha value is -2.91. The Balaban J connectivity index is 1.43. The first kappa shape index (κ1) is 27.1. The average molecular weight is 546 g/mol. The van der Waals surface area contributed by atoms with Gasteiger partial charge in [-0.25, -0.2) is 12.7 Å². The standard InChI is InChI=1S/C27H32ClN3O5S/c1-19(26(33)29-22-8-3-2-4-9-22)30(18-20-13-15-21(28)16-14-20)25(32)12-7-17-31-27(34)23-10-5-6-11-24(23)37(31,35)36/h5-6,10-11,13-16,19,22H,2-4,7-9,12,17-18H2,1H3,(H,29,33)/t19-/m0/s1. The highest BCUT2D eigenvalue weighted by atomic mass is 35.5. The normalized spacial score (nSPS) is 17.8. The van der Waals surface area contributed by atoms with E-state index in [-0.39, 0.29) is 54.2 Å². The zero-order chi connectivity index (χ0) is 26.6. The first-order valence-electron chi connectivity index (χ1n) is 12.7. The summed E-state index contributed by atoms with van der Waals surface area (Å²) in [5.41, 5.74) is 0.967. The number of hydrogen-bond donors (Lipinski definition) is 1. The molecule has 0 saturated heterocycles. The van der Waals surface area contributed by atoms with Crippen molar-refractivity contribution in [2.75, 3.05) is 6.54 Å². The molecule has 1 aliphatic heterocycles. The van der Waals surface area contributed by atoms with Gasteiger partial charge in [-0.2, -0.15) is 0 Å². The number of fused-ring (bicyclic) bond motifs is 1. The molecule has 1 fully saturated rings. The van der Waals surface area contributed by atoms with Crippen molar-refractivity contribution in [2.24, 2.45) is 0 Å². The van der Waals surface area contributed by atoms with Crippen LogP contribution in [0.4, 0.5) is 0 Å². The third-order valence-electron chi connectivity index (χ3n) is 7.05. The summed E-state index contributed by atoms with van der Waals surface area (Å²) in [5, 5.41) is 3.66. The predicted molar refractivity (Wildman–Crippen MR) is 140 cm³/mol. The number of carbonyl (C=O) groups is 3. The number of carbonyl (C=O) groups excluding carboxylic acids is 3. The maximum absolute atomic E-state index is 13.4. The van der Waals surface area contributed by atoms with E-state index in [1.54, 1.807) is 43.3 Å². The lowest BCUT2D eigenvalue weighted by atomic mass is 9.95. The minimum absolute atomic E-state index is 0.00964. The maximum atomic E-state index is 13.4. The molecule has 4 rings (SSSR count). The van der Waals surface area contributed by atoms with Crippen molar-refractivity contribution in [3.8, 4) is 0 Å². The van der Waals surface area contributed by atoms with Gasteiger partial charge in [-0.05, 0) is 56.0 Å². The summed E-state index contributed by atoms with van der Waals surface area (Å²) in [7, 11) is -3.93. The molecule has 1 saturated carbocycles. The van der Waals surface area contributed by atoms with Crippen LogP contribution in [0, 0.1) is 0 Å². The lowest BCUT2D eigenvalue weighted by molar-refractivity contribution is -0.141. The van der Waals surface area contributed by atoms with Gasteiger partial charge in [0.15, 0.2) is 0 Å². The second kappa shape index (κ2) is 11.6. The van der Waals surface area contributed by atoms with Crippen LogP contribution in [0.1, 0.15) is 67.8 Å². The molecule has 10 heteroatoms. The molecule has 8 nitrogen and oxygen atoms in total. The van der Waals surface area contributed by atoms with Crippen molar-refractivity contribution >= 4 is 39.3 Å². The Morgan fingerprint density at radius 3 is 2.43 bits per heavy atom. The summed E-state index contributed by atoms with van der Waals surface area (Å²) in [5.74, 6) is -1.08. The van der Waals surface area contributed by atoms with Crippen LogP contribution >= 0.6 is 11.6 Å². The Labute approximate surface area is 223 Å². The van der Waals surface area contributed by atoms with E-state index in [1.165, 1.54) is 23.5 Å². The van der Waals surface area contributed by atoms with E-state index in [4.69, 9.17) is 11.6 Å². The molecule has 2 aromatic carbocycles. The van der Waals surface area contributed by atoms with Gasteiger partial charge in [-0.15, -0.1) is 0 Å². The fourth-order valence-electron chi connectivity index (χ4n) is 4.91. The van der Waals surface area contributed by atoms with Crippen LogP contribution in [0.5, 0.6) is 0 Å². The monoisotopic (exact) mass is 545 g/mol. The van der Waals surface area contributed by atoms with E-state index < -0.39 is 22.0 Å². The number of nitrogens with one attached hydrogen (secondary N) is 1. The molecule has 0 aromatic heterocycles. The molecule has 1 aliphatic carbocycles. The first-order chi connectivity index (χ1) is 17.7. The summed E-state index contributed by atoms with van der Waals surface area (Å²) in [4.78, 5) is 40.6. The van der Waals surface area contributed by atoms with Gasteiger partial charge in [-0.1, -0.05) is 55.1 Å². The van der Waals surface area contributed by atoms with E-state index in [0.717, 1.165) is 35.6 Å². The second-order valence-corrected chi connectivity index (χ2v) is 11.9. The molecule has 0 spiro atoms. The minimum Gasteiger partial charge on any atom is -0.352 e. The molecule has 1 atom stereocenters. The zero-order valence-electron chi connectivity index (χ0n) is 20.9. The summed E-state index contributed by atoms with van der Waals surface area (Å²) in [6.45, 7) is 1.80.